The van der Waals surface area contributed by atoms with E-state index in [2.05, 4.69) is 16.4 Å². The number of hydrogen-bond acceptors (Lipinski definition) is 6. The number of carbonyl (C=O) groups is 1. The highest BCUT2D eigenvalue weighted by Crippen LogP contribution is 2.38. The van der Waals surface area contributed by atoms with Crippen molar-refractivity contribution in [3.63, 3.8) is 0 Å². The van der Waals surface area contributed by atoms with E-state index in [0.717, 1.165) is 33.1 Å². The zero-order chi connectivity index (χ0) is 21.7. The number of H-pyrrole nitrogens is 1. The number of rotatable bonds is 4. The molecule has 7 nitrogen and oxygen atoms in total. The quantitative estimate of drug-likeness (QED) is 0.384. The number of carbonyl (C=O) groups excluding carboxylic acids is 1. The Morgan fingerprint density at radius 3 is 2.81 bits per heavy atom. The summed E-state index contributed by atoms with van der Waals surface area (Å²) in [5.41, 5.74) is 9.87. The lowest BCUT2D eigenvalue weighted by molar-refractivity contribution is 0.0959. The van der Waals surface area contributed by atoms with Crippen LogP contribution in [0.1, 0.15) is 15.2 Å². The molecule has 3 aromatic heterocycles. The number of aromatic amines is 1. The molecular formula is C24H20N4O3S. The van der Waals surface area contributed by atoms with Crippen molar-refractivity contribution in [3.8, 4) is 11.5 Å². The summed E-state index contributed by atoms with van der Waals surface area (Å²) in [6, 6.07) is 13.9. The number of fused-ring (bicyclic) bond motifs is 4. The molecule has 0 fully saturated rings. The number of nitrogens with one attached hydrogen (secondary N) is 2. The van der Waals surface area contributed by atoms with Crippen molar-refractivity contribution in [2.45, 2.75) is 6.42 Å². The van der Waals surface area contributed by atoms with Gasteiger partial charge in [-0.3, -0.25) is 4.79 Å². The molecule has 32 heavy (non-hydrogen) atoms. The molecule has 0 radical (unpaired) electrons. The molecule has 1 aliphatic rings. The number of ether oxygens (including phenoxy) is 2. The van der Waals surface area contributed by atoms with Gasteiger partial charge in [-0.15, -0.1) is 11.3 Å². The van der Waals surface area contributed by atoms with Crippen molar-refractivity contribution >= 4 is 55.0 Å². The van der Waals surface area contributed by atoms with Gasteiger partial charge in [0.2, 0.25) is 0 Å². The second-order valence-corrected chi connectivity index (χ2v) is 8.74. The van der Waals surface area contributed by atoms with Crippen LogP contribution >= 0.6 is 11.3 Å². The Bertz CT molecular complexity index is 1500. The standard InChI is InChI=1S/C24H20N4O3S/c25-21-16-9-14-10-19-20(31-8-7-30-19)11-18(14)28-24(16)32-22(21)23(29)26-6-5-13-12-27-17-4-2-1-3-15(13)17/h1-4,9-12,27H,5-8,25H2,(H,26,29). The van der Waals surface area contributed by atoms with E-state index in [4.69, 9.17) is 20.2 Å². The Morgan fingerprint density at radius 2 is 1.94 bits per heavy atom. The van der Waals surface area contributed by atoms with E-state index in [1.54, 1.807) is 0 Å². The molecule has 4 N–H and O–H groups in total. The van der Waals surface area contributed by atoms with E-state index in [9.17, 15) is 4.79 Å². The summed E-state index contributed by atoms with van der Waals surface area (Å²) in [6.07, 6.45) is 2.72. The van der Waals surface area contributed by atoms with Crippen molar-refractivity contribution in [1.82, 2.24) is 15.3 Å². The largest absolute Gasteiger partial charge is 0.486 e. The van der Waals surface area contributed by atoms with E-state index in [-0.39, 0.29) is 5.91 Å². The number of anilines is 1. The molecule has 160 valence electrons. The lowest BCUT2D eigenvalue weighted by Gasteiger charge is -2.18. The molecule has 0 bridgehead atoms. The van der Waals surface area contributed by atoms with Gasteiger partial charge in [0.1, 0.15) is 22.9 Å². The molecule has 4 heterocycles. The van der Waals surface area contributed by atoms with Crippen molar-refractivity contribution in [2.24, 2.45) is 0 Å². The predicted octanol–water partition coefficient (Wildman–Crippen LogP) is 4.26. The molecule has 5 aromatic rings. The molecule has 1 aliphatic heterocycles. The number of pyridine rings is 1. The van der Waals surface area contributed by atoms with Crippen molar-refractivity contribution in [3.05, 3.63) is 59.1 Å². The molecule has 0 atom stereocenters. The molecule has 0 unspecified atom stereocenters. The first-order chi connectivity index (χ1) is 15.7. The first-order valence-corrected chi connectivity index (χ1v) is 11.2. The highest BCUT2D eigenvalue weighted by Gasteiger charge is 2.19. The van der Waals surface area contributed by atoms with Crippen molar-refractivity contribution in [2.75, 3.05) is 25.5 Å². The Morgan fingerprint density at radius 1 is 1.12 bits per heavy atom. The van der Waals surface area contributed by atoms with Crippen LogP contribution in [0.4, 0.5) is 5.69 Å². The average molecular weight is 445 g/mol. The minimum absolute atomic E-state index is 0.180. The van der Waals surface area contributed by atoms with Gasteiger partial charge in [-0.1, -0.05) is 18.2 Å². The molecule has 1 amide bonds. The lowest BCUT2D eigenvalue weighted by atomic mass is 10.1. The van der Waals surface area contributed by atoms with Gasteiger partial charge in [0.25, 0.3) is 5.91 Å². The average Bonchev–Trinajstić information content (AvgIpc) is 3.37. The molecule has 0 aliphatic carbocycles. The maximum absolute atomic E-state index is 12.9. The number of thiophene rings is 1. The van der Waals surface area contributed by atoms with E-state index >= 15 is 0 Å². The van der Waals surface area contributed by atoms with Gasteiger partial charge in [-0.05, 0) is 30.2 Å². The monoisotopic (exact) mass is 444 g/mol. The first-order valence-electron chi connectivity index (χ1n) is 10.4. The molecule has 0 saturated carbocycles. The maximum Gasteiger partial charge on any atom is 0.263 e. The Hall–Kier alpha value is -3.78. The fraction of sp³-hybridized carbons (Fsp3) is 0.167. The number of amides is 1. The van der Waals surface area contributed by atoms with Gasteiger partial charge >= 0.3 is 0 Å². The van der Waals surface area contributed by atoms with E-state index < -0.39 is 0 Å². The normalized spacial score (nSPS) is 13.1. The number of hydrogen-bond donors (Lipinski definition) is 3. The van der Waals surface area contributed by atoms with E-state index in [1.807, 2.05) is 42.6 Å². The first kappa shape index (κ1) is 18.9. The third kappa shape index (κ3) is 3.11. The predicted molar refractivity (Wildman–Crippen MR) is 127 cm³/mol. The summed E-state index contributed by atoms with van der Waals surface area (Å²) in [7, 11) is 0. The third-order valence-corrected chi connectivity index (χ3v) is 6.85. The molecule has 0 spiro atoms. The van der Waals surface area contributed by atoms with Crippen LogP contribution in [0.3, 0.4) is 0 Å². The Kier molecular flexibility index (Phi) is 4.39. The number of benzene rings is 2. The number of nitrogens with two attached hydrogens (primary N) is 1. The number of para-hydroxylation sites is 1. The second-order valence-electron chi connectivity index (χ2n) is 7.74. The van der Waals surface area contributed by atoms with Gasteiger partial charge in [0, 0.05) is 40.5 Å². The second kappa shape index (κ2) is 7.42. The summed E-state index contributed by atoms with van der Waals surface area (Å²) in [5.74, 6) is 1.21. The number of aromatic nitrogens is 2. The van der Waals surface area contributed by atoms with Crippen LogP contribution < -0.4 is 20.5 Å². The van der Waals surface area contributed by atoms with Crippen molar-refractivity contribution < 1.29 is 14.3 Å². The van der Waals surface area contributed by atoms with Crippen LogP contribution in [0.2, 0.25) is 0 Å². The molecule has 2 aromatic carbocycles. The van der Waals surface area contributed by atoms with E-state index in [1.165, 1.54) is 22.3 Å². The molecule has 0 saturated heterocycles. The summed E-state index contributed by atoms with van der Waals surface area (Å²) in [6.45, 7) is 1.57. The van der Waals surface area contributed by atoms with Crippen LogP contribution in [0.5, 0.6) is 11.5 Å². The van der Waals surface area contributed by atoms with Gasteiger partial charge in [0.15, 0.2) is 11.5 Å². The van der Waals surface area contributed by atoms with Crippen LogP contribution in [0.15, 0.2) is 48.7 Å². The molecular weight excluding hydrogens is 424 g/mol. The highest BCUT2D eigenvalue weighted by molar-refractivity contribution is 7.21. The van der Waals surface area contributed by atoms with E-state index in [0.29, 0.717) is 41.8 Å². The fourth-order valence-corrected chi connectivity index (χ4v) is 5.14. The van der Waals surface area contributed by atoms with Crippen molar-refractivity contribution in [1.29, 1.82) is 0 Å². The van der Waals surface area contributed by atoms with Crippen LogP contribution in [-0.2, 0) is 6.42 Å². The summed E-state index contributed by atoms with van der Waals surface area (Å²) in [4.78, 5) is 22.1. The lowest BCUT2D eigenvalue weighted by Crippen LogP contribution is -2.25. The summed E-state index contributed by atoms with van der Waals surface area (Å²) in [5, 5.41) is 5.85. The fourth-order valence-electron chi connectivity index (χ4n) is 4.14. The van der Waals surface area contributed by atoms with Gasteiger partial charge in [-0.2, -0.15) is 0 Å². The Balaban J connectivity index is 1.25. The topological polar surface area (TPSA) is 102 Å². The number of nitrogens with zero attached hydrogens (tertiary/aromatic N) is 1. The van der Waals surface area contributed by atoms with Crippen LogP contribution in [0, 0.1) is 0 Å². The zero-order valence-corrected chi connectivity index (χ0v) is 17.9. The molecule has 8 heteroatoms. The minimum atomic E-state index is -0.180. The minimum Gasteiger partial charge on any atom is -0.486 e. The van der Waals surface area contributed by atoms with Gasteiger partial charge in [-0.25, -0.2) is 4.98 Å². The zero-order valence-electron chi connectivity index (χ0n) is 17.1. The van der Waals surface area contributed by atoms with Crippen LogP contribution in [0.25, 0.3) is 32.0 Å². The van der Waals surface area contributed by atoms with Gasteiger partial charge < -0.3 is 25.5 Å². The smallest absolute Gasteiger partial charge is 0.263 e. The molecule has 6 rings (SSSR count). The van der Waals surface area contributed by atoms with Gasteiger partial charge in [0.05, 0.1) is 11.2 Å². The number of nitrogen functional groups attached to an aromatic ring is 1. The highest BCUT2D eigenvalue weighted by atomic mass is 32.1. The Labute approximate surface area is 187 Å². The maximum atomic E-state index is 12.9. The summed E-state index contributed by atoms with van der Waals surface area (Å²) < 4.78 is 11.3. The van der Waals surface area contributed by atoms with Crippen LogP contribution in [-0.4, -0.2) is 35.6 Å². The summed E-state index contributed by atoms with van der Waals surface area (Å²) >= 11 is 1.31. The third-order valence-electron chi connectivity index (χ3n) is 5.74. The SMILES string of the molecule is Nc1c(C(=O)NCCc2c[nH]c3ccccc23)sc2nc3cc4c(cc3cc12)OCCO4.